The predicted octanol–water partition coefficient (Wildman–Crippen LogP) is 3.15. The fourth-order valence-corrected chi connectivity index (χ4v) is 2.87. The van der Waals surface area contributed by atoms with E-state index in [0.717, 1.165) is 0 Å². The first-order chi connectivity index (χ1) is 15.5. The lowest BCUT2D eigenvalue weighted by Crippen LogP contribution is -2.26. The number of esters is 3. The lowest BCUT2D eigenvalue weighted by molar-refractivity contribution is -0.139. The Bertz CT molecular complexity index is 1120. The van der Waals surface area contributed by atoms with Crippen LogP contribution in [0.1, 0.15) is 10.4 Å². The van der Waals surface area contributed by atoms with E-state index in [0.29, 0.717) is 17.0 Å². The predicted molar refractivity (Wildman–Crippen MR) is 114 cm³/mol. The van der Waals surface area contributed by atoms with Gasteiger partial charge in [0.25, 0.3) is 0 Å². The minimum absolute atomic E-state index is 0.00506. The average Bonchev–Trinajstić information content (AvgIpc) is 3.06. The maximum Gasteiger partial charge on any atom is 0.355 e. The number of methoxy groups -OCH3 is 3. The zero-order valence-electron chi connectivity index (χ0n) is 17.6. The van der Waals surface area contributed by atoms with Gasteiger partial charge in [0.05, 0.1) is 32.5 Å². The van der Waals surface area contributed by atoms with Crippen molar-refractivity contribution in [2.24, 2.45) is 0 Å². The number of pyridine rings is 1. The van der Waals surface area contributed by atoms with Gasteiger partial charge in [-0.1, -0.05) is 6.08 Å². The van der Waals surface area contributed by atoms with Gasteiger partial charge < -0.3 is 23.8 Å². The van der Waals surface area contributed by atoms with E-state index in [-0.39, 0.29) is 17.2 Å². The number of rotatable bonds is 6. The summed E-state index contributed by atoms with van der Waals surface area (Å²) in [6, 6.07) is 9.66. The molecule has 0 saturated carbocycles. The molecule has 0 amide bonds. The number of benzene rings is 1. The molecule has 1 aromatic heterocycles. The highest BCUT2D eigenvalue weighted by molar-refractivity contribution is 6.05. The lowest BCUT2D eigenvalue weighted by Gasteiger charge is -2.23. The summed E-state index contributed by atoms with van der Waals surface area (Å²) in [6.07, 6.45) is 7.83. The molecule has 164 valence electrons. The average molecular weight is 436 g/mol. The quantitative estimate of drug-likeness (QED) is 0.499. The molecule has 1 aromatic carbocycles. The number of aromatic nitrogens is 1. The lowest BCUT2D eigenvalue weighted by atomic mass is 10.1. The van der Waals surface area contributed by atoms with Crippen LogP contribution in [0.5, 0.6) is 11.6 Å². The fraction of sp³-hybridized carbons (Fsp3) is 0.130. The van der Waals surface area contributed by atoms with Gasteiger partial charge in [0.1, 0.15) is 11.4 Å². The summed E-state index contributed by atoms with van der Waals surface area (Å²) in [6.45, 7) is 0. The Kier molecular flexibility index (Phi) is 7.02. The highest BCUT2D eigenvalue weighted by Gasteiger charge is 2.27. The third kappa shape index (κ3) is 4.84. The van der Waals surface area contributed by atoms with Crippen LogP contribution in [0.15, 0.2) is 78.3 Å². The molecule has 0 spiro atoms. The van der Waals surface area contributed by atoms with Crippen LogP contribution < -0.4 is 9.64 Å². The van der Waals surface area contributed by atoms with Crippen molar-refractivity contribution in [2.45, 2.75) is 0 Å². The molecule has 0 aliphatic carbocycles. The van der Waals surface area contributed by atoms with Crippen LogP contribution in [0, 0.1) is 0 Å². The Hall–Kier alpha value is -4.40. The summed E-state index contributed by atoms with van der Waals surface area (Å²) in [5.41, 5.74) is 0.925. The van der Waals surface area contributed by atoms with Crippen LogP contribution in [0.2, 0.25) is 0 Å². The van der Waals surface area contributed by atoms with Crippen molar-refractivity contribution in [3.63, 3.8) is 0 Å². The van der Waals surface area contributed by atoms with Crippen molar-refractivity contribution in [3.8, 4) is 11.6 Å². The van der Waals surface area contributed by atoms with Crippen molar-refractivity contribution in [1.29, 1.82) is 0 Å². The summed E-state index contributed by atoms with van der Waals surface area (Å²) in [7, 11) is 3.75. The van der Waals surface area contributed by atoms with Gasteiger partial charge in [-0.3, -0.25) is 0 Å². The van der Waals surface area contributed by atoms with Gasteiger partial charge in [0.15, 0.2) is 0 Å². The maximum atomic E-state index is 12.5. The van der Waals surface area contributed by atoms with Crippen LogP contribution in [0.4, 0.5) is 5.69 Å². The van der Waals surface area contributed by atoms with Gasteiger partial charge in [0.2, 0.25) is 5.88 Å². The number of hydrogen-bond donors (Lipinski definition) is 0. The van der Waals surface area contributed by atoms with Gasteiger partial charge in [-0.05, 0) is 42.5 Å². The molecule has 2 heterocycles. The molecule has 0 bridgehead atoms. The van der Waals surface area contributed by atoms with Crippen LogP contribution in [-0.2, 0) is 23.8 Å². The van der Waals surface area contributed by atoms with Crippen LogP contribution in [0.25, 0.3) is 0 Å². The monoisotopic (exact) mass is 436 g/mol. The summed E-state index contributed by atoms with van der Waals surface area (Å²) < 4.78 is 20.1. The minimum atomic E-state index is -0.703. The SMILES string of the molecule is COC(=O)C1=C(C(=O)OC)N(c2ccc(Oc3cc(C(=O)OC)ccn3)cc2)C=CC=C1. The molecular formula is C23H20N2O7. The van der Waals surface area contributed by atoms with Crippen LogP contribution in [0.3, 0.4) is 0 Å². The Morgan fingerprint density at radius 3 is 2.19 bits per heavy atom. The van der Waals surface area contributed by atoms with Gasteiger partial charge in [-0.25, -0.2) is 19.4 Å². The molecule has 9 heteroatoms. The number of carbonyl (C=O) groups is 3. The molecular weight excluding hydrogens is 416 g/mol. The number of carbonyl (C=O) groups excluding carboxylic acids is 3. The summed E-state index contributed by atoms with van der Waals surface area (Å²) in [5.74, 6) is -1.23. The van der Waals surface area contributed by atoms with E-state index in [4.69, 9.17) is 18.9 Å². The molecule has 1 aliphatic rings. The van der Waals surface area contributed by atoms with E-state index >= 15 is 0 Å². The molecule has 1 aliphatic heterocycles. The molecule has 0 saturated heterocycles. The summed E-state index contributed by atoms with van der Waals surface area (Å²) in [4.78, 5) is 42.0. The molecule has 9 nitrogen and oxygen atoms in total. The Balaban J connectivity index is 1.91. The molecule has 0 atom stereocenters. The highest BCUT2D eigenvalue weighted by atomic mass is 16.5. The third-order valence-corrected chi connectivity index (χ3v) is 4.38. The highest BCUT2D eigenvalue weighted by Crippen LogP contribution is 2.29. The Labute approximate surface area is 184 Å². The van der Waals surface area contributed by atoms with E-state index in [1.807, 2.05) is 0 Å². The van der Waals surface area contributed by atoms with Gasteiger partial charge in [0, 0.05) is 24.2 Å². The summed E-state index contributed by atoms with van der Waals surface area (Å²) >= 11 is 0. The first-order valence-electron chi connectivity index (χ1n) is 9.35. The second kappa shape index (κ2) is 10.1. The smallest absolute Gasteiger partial charge is 0.355 e. The van der Waals surface area contributed by atoms with Crippen molar-refractivity contribution in [2.75, 3.05) is 26.2 Å². The standard InChI is InChI=1S/C23H20N2O7/c1-29-21(26)15-11-12-24-19(14-15)32-17-9-7-16(8-10-17)25-13-5-4-6-18(22(27)30-2)20(25)23(28)31-3/h4-14H,1-3H3. The molecule has 0 N–H and O–H groups in total. The van der Waals surface area contributed by atoms with Gasteiger partial charge in [-0.2, -0.15) is 0 Å². The van der Waals surface area contributed by atoms with Crippen molar-refractivity contribution in [1.82, 2.24) is 4.98 Å². The van der Waals surface area contributed by atoms with Gasteiger partial charge in [-0.15, -0.1) is 0 Å². The number of ether oxygens (including phenoxy) is 4. The number of nitrogens with zero attached hydrogens (tertiary/aromatic N) is 2. The first-order valence-corrected chi connectivity index (χ1v) is 9.35. The first kappa shape index (κ1) is 22.3. The number of anilines is 1. The molecule has 0 radical (unpaired) electrons. The van der Waals surface area contributed by atoms with Crippen LogP contribution in [-0.4, -0.2) is 44.2 Å². The van der Waals surface area contributed by atoms with E-state index in [2.05, 4.69) is 4.98 Å². The molecule has 0 fully saturated rings. The second-order valence-electron chi connectivity index (χ2n) is 6.29. The second-order valence-corrected chi connectivity index (χ2v) is 6.29. The fourth-order valence-electron chi connectivity index (χ4n) is 2.87. The van der Waals surface area contributed by atoms with Crippen LogP contribution >= 0.6 is 0 Å². The van der Waals surface area contributed by atoms with Crippen molar-refractivity contribution in [3.05, 3.63) is 83.9 Å². The number of hydrogen-bond acceptors (Lipinski definition) is 9. The Morgan fingerprint density at radius 2 is 1.53 bits per heavy atom. The molecule has 0 unspecified atom stereocenters. The van der Waals surface area contributed by atoms with Crippen molar-refractivity contribution < 1.29 is 33.3 Å². The zero-order valence-corrected chi connectivity index (χ0v) is 17.6. The molecule has 3 rings (SSSR count). The van der Waals surface area contributed by atoms with E-state index in [1.54, 1.807) is 42.6 Å². The normalized spacial score (nSPS) is 12.8. The summed E-state index contributed by atoms with van der Waals surface area (Å²) in [5, 5.41) is 0. The van der Waals surface area contributed by atoms with Crippen molar-refractivity contribution >= 4 is 23.6 Å². The minimum Gasteiger partial charge on any atom is -0.465 e. The van der Waals surface area contributed by atoms with E-state index in [1.165, 1.54) is 50.6 Å². The Morgan fingerprint density at radius 1 is 0.844 bits per heavy atom. The third-order valence-electron chi connectivity index (χ3n) is 4.38. The number of allylic oxidation sites excluding steroid dienone is 2. The molecule has 32 heavy (non-hydrogen) atoms. The van der Waals surface area contributed by atoms with E-state index in [9.17, 15) is 14.4 Å². The molecule has 2 aromatic rings. The zero-order chi connectivity index (χ0) is 23.1. The topological polar surface area (TPSA) is 104 Å². The van der Waals surface area contributed by atoms with E-state index < -0.39 is 17.9 Å². The maximum absolute atomic E-state index is 12.5. The van der Waals surface area contributed by atoms with Gasteiger partial charge >= 0.3 is 17.9 Å². The largest absolute Gasteiger partial charge is 0.465 e.